The molecular formula is C16H29IN4S. The number of aliphatic imine (C=N–C) groups is 1. The molecule has 0 bridgehead atoms. The fourth-order valence-electron chi connectivity index (χ4n) is 2.52. The molecule has 6 heteroatoms. The van der Waals surface area contributed by atoms with Gasteiger partial charge in [0.25, 0.3) is 0 Å². The largest absolute Gasteiger partial charge is 0.356 e. The number of rotatable bonds is 4. The first-order chi connectivity index (χ1) is 9.81. The first-order valence-electron chi connectivity index (χ1n) is 7.81. The number of thiazole rings is 1. The van der Waals surface area contributed by atoms with Crippen molar-refractivity contribution in [1.82, 2.24) is 15.2 Å². The summed E-state index contributed by atoms with van der Waals surface area (Å²) in [6, 6.07) is 0. The Hall–Kier alpha value is -0.370. The van der Waals surface area contributed by atoms with Gasteiger partial charge in [-0.25, -0.2) is 9.98 Å². The molecule has 4 nitrogen and oxygen atoms in total. The van der Waals surface area contributed by atoms with Crippen molar-refractivity contribution in [3.63, 3.8) is 0 Å². The minimum Gasteiger partial charge on any atom is -0.356 e. The molecular weight excluding hydrogens is 407 g/mol. The molecule has 2 heterocycles. The molecule has 0 unspecified atom stereocenters. The van der Waals surface area contributed by atoms with Crippen molar-refractivity contribution in [2.45, 2.75) is 60.0 Å². The molecule has 126 valence electrons. The number of aryl methyl sites for hydroxylation is 1. The molecule has 1 aliphatic heterocycles. The molecule has 1 aromatic heterocycles. The van der Waals surface area contributed by atoms with E-state index in [0.29, 0.717) is 12.0 Å². The standard InChI is InChI=1S/C16H28N4S.HI/c1-7-12-9-18-13(21-12)10-19-14(17-8-2)20-11-15(3,4)16(20,5)6;/h9H,7-8,10-11H2,1-6H3,(H,17,19);1H. The second-order valence-corrected chi connectivity index (χ2v) is 7.97. The molecule has 0 amide bonds. The van der Waals surface area contributed by atoms with Crippen LogP contribution in [0, 0.1) is 5.41 Å². The van der Waals surface area contributed by atoms with Crippen LogP contribution in [0.5, 0.6) is 0 Å². The van der Waals surface area contributed by atoms with Gasteiger partial charge < -0.3 is 10.2 Å². The van der Waals surface area contributed by atoms with Crippen LogP contribution in [-0.4, -0.2) is 34.5 Å². The first-order valence-corrected chi connectivity index (χ1v) is 8.63. The summed E-state index contributed by atoms with van der Waals surface area (Å²) in [7, 11) is 0. The number of halogens is 1. The van der Waals surface area contributed by atoms with Gasteiger partial charge in [-0.05, 0) is 27.2 Å². The Kier molecular flexibility index (Phi) is 6.68. The van der Waals surface area contributed by atoms with Gasteiger partial charge in [0.15, 0.2) is 5.96 Å². The molecule has 0 aromatic carbocycles. The van der Waals surface area contributed by atoms with Crippen molar-refractivity contribution in [1.29, 1.82) is 0 Å². The van der Waals surface area contributed by atoms with Gasteiger partial charge in [0.2, 0.25) is 0 Å². The van der Waals surface area contributed by atoms with Crippen molar-refractivity contribution in [2.75, 3.05) is 13.1 Å². The van der Waals surface area contributed by atoms with Gasteiger partial charge in [0.1, 0.15) is 5.01 Å². The SMILES string of the molecule is CCNC(=NCc1ncc(CC)s1)N1CC(C)(C)C1(C)C.I. The van der Waals surface area contributed by atoms with Crippen molar-refractivity contribution in [3.05, 3.63) is 16.1 Å². The second-order valence-electron chi connectivity index (χ2n) is 6.77. The molecule has 2 rings (SSSR count). The van der Waals surface area contributed by atoms with Crippen molar-refractivity contribution in [2.24, 2.45) is 10.4 Å². The number of nitrogens with one attached hydrogen (secondary N) is 1. The van der Waals surface area contributed by atoms with E-state index in [0.717, 1.165) is 30.5 Å². The zero-order valence-corrected chi connectivity index (χ0v) is 17.7. The smallest absolute Gasteiger partial charge is 0.194 e. The molecule has 0 saturated carbocycles. The van der Waals surface area contributed by atoms with Crippen molar-refractivity contribution < 1.29 is 0 Å². The predicted molar refractivity (Wildman–Crippen MR) is 106 cm³/mol. The van der Waals surface area contributed by atoms with Crippen LogP contribution >= 0.6 is 35.3 Å². The molecule has 0 spiro atoms. The molecule has 1 aliphatic rings. The fraction of sp³-hybridized carbons (Fsp3) is 0.750. The summed E-state index contributed by atoms with van der Waals surface area (Å²) < 4.78 is 0. The van der Waals surface area contributed by atoms with E-state index < -0.39 is 0 Å². The van der Waals surface area contributed by atoms with Crippen molar-refractivity contribution >= 4 is 41.3 Å². The quantitative estimate of drug-likeness (QED) is 0.442. The fourth-order valence-corrected chi connectivity index (χ4v) is 3.31. The predicted octanol–water partition coefficient (Wildman–Crippen LogP) is 3.91. The summed E-state index contributed by atoms with van der Waals surface area (Å²) in [6.07, 6.45) is 3.02. The van der Waals surface area contributed by atoms with Crippen LogP contribution < -0.4 is 5.32 Å². The third-order valence-electron chi connectivity index (χ3n) is 4.79. The Labute approximate surface area is 155 Å². The first kappa shape index (κ1) is 19.7. The summed E-state index contributed by atoms with van der Waals surface area (Å²) in [4.78, 5) is 13.0. The number of guanidine groups is 1. The monoisotopic (exact) mass is 436 g/mol. The maximum Gasteiger partial charge on any atom is 0.194 e. The molecule has 0 radical (unpaired) electrons. The Morgan fingerprint density at radius 3 is 2.50 bits per heavy atom. The Balaban J connectivity index is 0.00000242. The van der Waals surface area contributed by atoms with E-state index in [1.54, 1.807) is 11.3 Å². The number of aromatic nitrogens is 1. The van der Waals surface area contributed by atoms with Gasteiger partial charge in [-0.3, -0.25) is 0 Å². The number of nitrogens with zero attached hydrogens (tertiary/aromatic N) is 3. The number of hydrogen-bond acceptors (Lipinski definition) is 3. The van der Waals surface area contributed by atoms with E-state index in [1.807, 2.05) is 6.20 Å². The normalized spacial score (nSPS) is 19.4. The molecule has 1 N–H and O–H groups in total. The molecule has 1 aromatic rings. The van der Waals surface area contributed by atoms with Crippen LogP contribution in [0.25, 0.3) is 0 Å². The Morgan fingerprint density at radius 2 is 2.05 bits per heavy atom. The van der Waals surface area contributed by atoms with Gasteiger partial charge in [0.05, 0.1) is 6.54 Å². The summed E-state index contributed by atoms with van der Waals surface area (Å²) in [5.74, 6) is 1.01. The van der Waals surface area contributed by atoms with Crippen LogP contribution in [0.1, 0.15) is 51.4 Å². The Morgan fingerprint density at radius 1 is 1.36 bits per heavy atom. The highest BCUT2D eigenvalue weighted by Crippen LogP contribution is 2.46. The highest BCUT2D eigenvalue weighted by Gasteiger charge is 2.53. The molecule has 1 fully saturated rings. The van der Waals surface area contributed by atoms with Crippen LogP contribution in [-0.2, 0) is 13.0 Å². The zero-order chi connectivity index (χ0) is 15.7. The van der Waals surface area contributed by atoms with Crippen molar-refractivity contribution in [3.8, 4) is 0 Å². The van der Waals surface area contributed by atoms with Crippen LogP contribution in [0.15, 0.2) is 11.2 Å². The summed E-state index contributed by atoms with van der Waals surface area (Å²) in [5, 5.41) is 4.52. The van der Waals surface area contributed by atoms with E-state index in [-0.39, 0.29) is 29.5 Å². The lowest BCUT2D eigenvalue weighted by Gasteiger charge is -2.62. The van der Waals surface area contributed by atoms with Gasteiger partial charge in [-0.2, -0.15) is 0 Å². The molecule has 0 aliphatic carbocycles. The molecule has 22 heavy (non-hydrogen) atoms. The minimum atomic E-state index is 0. The number of likely N-dealkylation sites (tertiary alicyclic amines) is 1. The van der Waals surface area contributed by atoms with Gasteiger partial charge >= 0.3 is 0 Å². The van der Waals surface area contributed by atoms with Crippen LogP contribution in [0.2, 0.25) is 0 Å². The van der Waals surface area contributed by atoms with E-state index in [2.05, 4.69) is 56.7 Å². The van der Waals surface area contributed by atoms with Crippen LogP contribution in [0.4, 0.5) is 0 Å². The third-order valence-corrected chi connectivity index (χ3v) is 5.92. The average Bonchev–Trinajstić information content (AvgIpc) is 2.89. The van der Waals surface area contributed by atoms with E-state index in [1.165, 1.54) is 4.88 Å². The summed E-state index contributed by atoms with van der Waals surface area (Å²) in [5.41, 5.74) is 0.450. The summed E-state index contributed by atoms with van der Waals surface area (Å²) >= 11 is 1.77. The number of hydrogen-bond donors (Lipinski definition) is 1. The highest BCUT2D eigenvalue weighted by atomic mass is 127. The third kappa shape index (κ3) is 3.75. The lowest BCUT2D eigenvalue weighted by Crippen LogP contribution is -2.72. The topological polar surface area (TPSA) is 40.5 Å². The van der Waals surface area contributed by atoms with E-state index >= 15 is 0 Å². The van der Waals surface area contributed by atoms with Gasteiger partial charge in [-0.1, -0.05) is 20.8 Å². The van der Waals surface area contributed by atoms with E-state index in [4.69, 9.17) is 4.99 Å². The molecule has 1 saturated heterocycles. The maximum atomic E-state index is 4.79. The van der Waals surface area contributed by atoms with Gasteiger partial charge in [-0.15, -0.1) is 35.3 Å². The molecule has 0 atom stereocenters. The lowest BCUT2D eigenvalue weighted by molar-refractivity contribution is -0.0667. The highest BCUT2D eigenvalue weighted by molar-refractivity contribution is 14.0. The lowest BCUT2D eigenvalue weighted by atomic mass is 9.65. The second kappa shape index (κ2) is 7.47. The summed E-state index contributed by atoms with van der Waals surface area (Å²) in [6.45, 7) is 16.1. The minimum absolute atomic E-state index is 0. The van der Waals surface area contributed by atoms with Gasteiger partial charge in [0, 0.05) is 35.1 Å². The Bertz CT molecular complexity index is 522. The van der Waals surface area contributed by atoms with Crippen LogP contribution in [0.3, 0.4) is 0 Å². The van der Waals surface area contributed by atoms with E-state index in [9.17, 15) is 0 Å². The maximum absolute atomic E-state index is 4.79. The average molecular weight is 436 g/mol. The zero-order valence-electron chi connectivity index (χ0n) is 14.6.